The molecule has 3 aromatic carbocycles. The molecular weight excluding hydrogens is 510 g/mol. The minimum absolute atomic E-state index is 0.0149. The first-order valence-corrected chi connectivity index (χ1v) is 13.6. The molecule has 0 saturated heterocycles. The fraction of sp³-hybridized carbons (Fsp3) is 0.323. The number of rotatable bonds is 7. The zero-order valence-corrected chi connectivity index (χ0v) is 22.3. The number of fused-ring (bicyclic) bond motifs is 1. The van der Waals surface area contributed by atoms with Crippen LogP contribution in [0.3, 0.4) is 0 Å². The van der Waals surface area contributed by atoms with Crippen molar-refractivity contribution in [2.45, 2.75) is 57.2 Å². The predicted molar refractivity (Wildman–Crippen MR) is 150 cm³/mol. The summed E-state index contributed by atoms with van der Waals surface area (Å²) in [5, 5.41) is 15.8. The minimum Gasteiger partial charge on any atom is -0.508 e. The molecule has 9 heteroatoms. The van der Waals surface area contributed by atoms with Crippen LogP contribution in [-0.2, 0) is 14.4 Å². The zero-order valence-electron chi connectivity index (χ0n) is 22.3. The van der Waals surface area contributed by atoms with E-state index in [4.69, 9.17) is 9.47 Å². The Morgan fingerprint density at radius 2 is 1.57 bits per heavy atom. The summed E-state index contributed by atoms with van der Waals surface area (Å²) >= 11 is 0. The topological polar surface area (TPSA) is 117 Å². The van der Waals surface area contributed by atoms with Crippen LogP contribution in [0.4, 0.5) is 11.4 Å². The lowest BCUT2D eigenvalue weighted by Gasteiger charge is -2.36. The van der Waals surface area contributed by atoms with E-state index in [-0.39, 0.29) is 30.2 Å². The van der Waals surface area contributed by atoms with Crippen molar-refractivity contribution in [3.05, 3.63) is 78.4 Å². The Kier molecular flexibility index (Phi) is 8.19. The first-order valence-electron chi connectivity index (χ1n) is 13.6. The molecule has 1 saturated carbocycles. The average Bonchev–Trinajstić information content (AvgIpc) is 2.96. The van der Waals surface area contributed by atoms with Crippen LogP contribution in [0, 0.1) is 0 Å². The fourth-order valence-electron chi connectivity index (χ4n) is 5.21. The molecule has 0 unspecified atom stereocenters. The molecule has 3 N–H and O–H groups in total. The molecule has 1 heterocycles. The molecule has 40 heavy (non-hydrogen) atoms. The Morgan fingerprint density at radius 3 is 2.25 bits per heavy atom. The zero-order chi connectivity index (χ0) is 28.1. The van der Waals surface area contributed by atoms with Gasteiger partial charge in [0, 0.05) is 24.3 Å². The van der Waals surface area contributed by atoms with Crippen LogP contribution in [0.1, 0.15) is 50.6 Å². The number of phenols is 1. The van der Waals surface area contributed by atoms with Gasteiger partial charge in [-0.05, 0) is 66.9 Å². The number of para-hydroxylation sites is 2. The highest BCUT2D eigenvalue weighted by Crippen LogP contribution is 2.35. The van der Waals surface area contributed by atoms with Gasteiger partial charge in [-0.3, -0.25) is 19.3 Å². The van der Waals surface area contributed by atoms with Crippen molar-refractivity contribution in [3.63, 3.8) is 0 Å². The molecule has 3 amide bonds. The van der Waals surface area contributed by atoms with Gasteiger partial charge in [-0.2, -0.15) is 0 Å². The maximum atomic E-state index is 14.3. The smallest absolute Gasteiger partial charge is 0.272 e. The van der Waals surface area contributed by atoms with E-state index in [9.17, 15) is 19.5 Å². The van der Waals surface area contributed by atoms with E-state index in [1.807, 2.05) is 6.07 Å². The van der Waals surface area contributed by atoms with Gasteiger partial charge in [-0.1, -0.05) is 43.5 Å². The van der Waals surface area contributed by atoms with E-state index >= 15 is 0 Å². The highest BCUT2D eigenvalue weighted by atomic mass is 16.6. The lowest BCUT2D eigenvalue weighted by Crippen LogP contribution is -2.52. The predicted octanol–water partition coefficient (Wildman–Crippen LogP) is 4.71. The lowest BCUT2D eigenvalue weighted by molar-refractivity contribution is -0.132. The Morgan fingerprint density at radius 1 is 0.900 bits per heavy atom. The lowest BCUT2D eigenvalue weighted by atomic mass is 9.94. The number of amides is 3. The summed E-state index contributed by atoms with van der Waals surface area (Å²) in [6.07, 6.45) is 3.96. The number of hydrogen-bond acceptors (Lipinski definition) is 6. The number of carbonyl (C=O) groups is 3. The van der Waals surface area contributed by atoms with Crippen molar-refractivity contribution in [1.29, 1.82) is 0 Å². The van der Waals surface area contributed by atoms with Gasteiger partial charge in [0.25, 0.3) is 5.91 Å². The third kappa shape index (κ3) is 6.20. The fourth-order valence-corrected chi connectivity index (χ4v) is 5.21. The molecule has 0 radical (unpaired) electrons. The van der Waals surface area contributed by atoms with Crippen molar-refractivity contribution in [2.24, 2.45) is 0 Å². The Labute approximate surface area is 233 Å². The van der Waals surface area contributed by atoms with Gasteiger partial charge in [0.2, 0.25) is 17.9 Å². The number of benzene rings is 3. The van der Waals surface area contributed by atoms with Crippen LogP contribution in [0.15, 0.2) is 72.8 Å². The highest BCUT2D eigenvalue weighted by Gasteiger charge is 2.39. The van der Waals surface area contributed by atoms with Gasteiger partial charge in [-0.25, -0.2) is 0 Å². The number of anilines is 2. The summed E-state index contributed by atoms with van der Waals surface area (Å²) in [5.41, 5.74) is 1.53. The van der Waals surface area contributed by atoms with Crippen LogP contribution in [-0.4, -0.2) is 41.6 Å². The Balaban J connectivity index is 1.54. The van der Waals surface area contributed by atoms with Gasteiger partial charge in [0.05, 0.1) is 0 Å². The molecular formula is C31H33N3O6. The van der Waals surface area contributed by atoms with E-state index in [2.05, 4.69) is 10.6 Å². The molecule has 3 aromatic rings. The van der Waals surface area contributed by atoms with Gasteiger partial charge in [0.15, 0.2) is 11.5 Å². The molecule has 2 atom stereocenters. The van der Waals surface area contributed by atoms with Crippen LogP contribution in [0.5, 0.6) is 17.2 Å². The van der Waals surface area contributed by atoms with Crippen LogP contribution >= 0.6 is 0 Å². The SMILES string of the molecule is CC(=O)Nc1ccc(N(C(=O)[C@H]2COc3ccccc3O2)[C@H](C(=O)NC2CCCCC2)c2ccc(O)cc2)cc1. The second-order valence-electron chi connectivity index (χ2n) is 10.1. The summed E-state index contributed by atoms with van der Waals surface area (Å²) in [6, 6.07) is 19.1. The molecule has 1 fully saturated rings. The third-order valence-electron chi connectivity index (χ3n) is 7.15. The van der Waals surface area contributed by atoms with E-state index in [1.54, 1.807) is 54.6 Å². The van der Waals surface area contributed by atoms with E-state index in [0.717, 1.165) is 32.1 Å². The van der Waals surface area contributed by atoms with Crippen molar-refractivity contribution in [1.82, 2.24) is 5.32 Å². The van der Waals surface area contributed by atoms with E-state index < -0.39 is 18.1 Å². The molecule has 5 rings (SSSR count). The van der Waals surface area contributed by atoms with E-state index in [1.165, 1.54) is 24.0 Å². The largest absolute Gasteiger partial charge is 0.508 e. The number of ether oxygens (including phenoxy) is 2. The number of aromatic hydroxyl groups is 1. The first-order chi connectivity index (χ1) is 19.4. The summed E-state index contributed by atoms with van der Waals surface area (Å²) < 4.78 is 11.9. The van der Waals surface area contributed by atoms with E-state index in [0.29, 0.717) is 28.4 Å². The van der Waals surface area contributed by atoms with Crippen molar-refractivity contribution in [3.8, 4) is 17.2 Å². The molecule has 1 aliphatic heterocycles. The maximum Gasteiger partial charge on any atom is 0.272 e. The molecule has 0 bridgehead atoms. The van der Waals surface area contributed by atoms with Crippen LogP contribution in [0.25, 0.3) is 0 Å². The molecule has 1 aliphatic carbocycles. The van der Waals surface area contributed by atoms with Crippen molar-refractivity contribution in [2.75, 3.05) is 16.8 Å². The number of nitrogens with one attached hydrogen (secondary N) is 2. The average molecular weight is 544 g/mol. The van der Waals surface area contributed by atoms with Crippen LogP contribution < -0.4 is 25.0 Å². The summed E-state index contributed by atoms with van der Waals surface area (Å²) in [6.45, 7) is 1.39. The summed E-state index contributed by atoms with van der Waals surface area (Å²) in [4.78, 5) is 41.3. The Bertz CT molecular complexity index is 1350. The maximum absolute atomic E-state index is 14.3. The summed E-state index contributed by atoms with van der Waals surface area (Å²) in [7, 11) is 0. The molecule has 9 nitrogen and oxygen atoms in total. The summed E-state index contributed by atoms with van der Waals surface area (Å²) in [5.74, 6) is 0.0331. The van der Waals surface area contributed by atoms with Gasteiger partial charge < -0.3 is 25.2 Å². The van der Waals surface area contributed by atoms with Gasteiger partial charge >= 0.3 is 0 Å². The second kappa shape index (κ2) is 12.1. The normalized spacial score (nSPS) is 17.4. The Hall–Kier alpha value is -4.53. The molecule has 0 aromatic heterocycles. The highest BCUT2D eigenvalue weighted by molar-refractivity contribution is 6.04. The molecule has 208 valence electrons. The standard InChI is InChI=1S/C31H33N3O6/c1-20(35)32-23-13-15-24(16-14-23)34(31(38)28-19-39-26-9-5-6-10-27(26)40-28)29(21-11-17-25(36)18-12-21)30(37)33-22-7-3-2-4-8-22/h5-6,9-18,22,28-29,36H,2-4,7-8,19H2,1H3,(H,32,35)(H,33,37)/t28-,29+/m1/s1. The quantitative estimate of drug-likeness (QED) is 0.397. The third-order valence-corrected chi connectivity index (χ3v) is 7.15. The monoisotopic (exact) mass is 543 g/mol. The van der Waals surface area contributed by atoms with Crippen LogP contribution in [0.2, 0.25) is 0 Å². The number of carbonyl (C=O) groups excluding carboxylic acids is 3. The van der Waals surface area contributed by atoms with Crippen molar-refractivity contribution >= 4 is 29.1 Å². The van der Waals surface area contributed by atoms with Gasteiger partial charge in [0.1, 0.15) is 18.4 Å². The first kappa shape index (κ1) is 27.1. The number of nitrogens with zero attached hydrogens (tertiary/aromatic N) is 1. The molecule has 0 spiro atoms. The number of hydrogen-bond donors (Lipinski definition) is 3. The second-order valence-corrected chi connectivity index (χ2v) is 10.1. The minimum atomic E-state index is -1.05. The van der Waals surface area contributed by atoms with Gasteiger partial charge in [-0.15, -0.1) is 0 Å². The number of phenolic OH excluding ortho intramolecular Hbond substituents is 1. The van der Waals surface area contributed by atoms with Crippen molar-refractivity contribution < 1.29 is 29.0 Å². The molecule has 2 aliphatic rings.